The molecule has 5 heteroatoms. The normalized spacial score (nSPS) is 9.06. The van der Waals surface area contributed by atoms with Gasteiger partial charge in [-0.05, 0) is 18.2 Å². The Labute approximate surface area is 97.0 Å². The van der Waals surface area contributed by atoms with Gasteiger partial charge in [-0.2, -0.15) is 0 Å². The first-order valence-corrected chi connectivity index (χ1v) is 4.68. The number of hydrogen-bond acceptors (Lipinski definition) is 2. The highest BCUT2D eigenvalue weighted by atomic mass is 35.5. The molecule has 0 atom stereocenters. The number of carbonyl (C=O) groups is 2. The fraction of sp³-hybridized carbons (Fsp3) is 0.0909. The van der Waals surface area contributed by atoms with Gasteiger partial charge in [0.05, 0.1) is 17.0 Å². The third-order valence-corrected chi connectivity index (χ3v) is 2.01. The maximum atomic E-state index is 10.7. The van der Waals surface area contributed by atoms with Crippen LogP contribution in [0.25, 0.3) is 0 Å². The van der Waals surface area contributed by atoms with Gasteiger partial charge in [0, 0.05) is 5.56 Å². The molecular weight excluding hydrogens is 230 g/mol. The van der Waals surface area contributed by atoms with Crippen LogP contribution in [0.3, 0.4) is 0 Å². The summed E-state index contributed by atoms with van der Waals surface area (Å²) in [4.78, 5) is 21.1. The molecule has 1 rings (SSSR count). The lowest BCUT2D eigenvalue weighted by molar-refractivity contribution is -0.117. The molecule has 1 amide bonds. The molecular formula is C11H8ClNO3. The number of benzene rings is 1. The molecule has 0 radical (unpaired) electrons. The van der Waals surface area contributed by atoms with Crippen LogP contribution < -0.4 is 5.73 Å². The third kappa shape index (κ3) is 3.30. The zero-order chi connectivity index (χ0) is 12.1. The Morgan fingerprint density at radius 3 is 2.62 bits per heavy atom. The van der Waals surface area contributed by atoms with Crippen LogP contribution in [-0.4, -0.2) is 17.0 Å². The minimum atomic E-state index is -1.10. The van der Waals surface area contributed by atoms with E-state index in [0.717, 1.165) is 0 Å². The molecule has 0 aliphatic rings. The molecule has 4 nitrogen and oxygen atoms in total. The van der Waals surface area contributed by atoms with E-state index < -0.39 is 11.9 Å². The molecule has 0 aliphatic heterocycles. The second-order valence-electron chi connectivity index (χ2n) is 2.94. The van der Waals surface area contributed by atoms with Crippen molar-refractivity contribution < 1.29 is 14.7 Å². The lowest BCUT2D eigenvalue weighted by Crippen LogP contribution is -2.08. The summed E-state index contributed by atoms with van der Waals surface area (Å²) in [5.74, 6) is 3.59. The Kier molecular flexibility index (Phi) is 3.92. The van der Waals surface area contributed by atoms with E-state index in [0.29, 0.717) is 5.56 Å². The summed E-state index contributed by atoms with van der Waals surface area (Å²) in [6.45, 7) is 0. The Morgan fingerprint density at radius 2 is 2.12 bits per heavy atom. The second-order valence-corrected chi connectivity index (χ2v) is 3.35. The van der Waals surface area contributed by atoms with Gasteiger partial charge in [0.15, 0.2) is 0 Å². The molecule has 0 spiro atoms. The topological polar surface area (TPSA) is 80.4 Å². The van der Waals surface area contributed by atoms with Crippen LogP contribution in [0.15, 0.2) is 18.2 Å². The molecule has 0 aromatic heterocycles. The lowest BCUT2D eigenvalue weighted by Gasteiger charge is -1.98. The minimum absolute atomic E-state index is 0.0158. The van der Waals surface area contributed by atoms with E-state index in [-0.39, 0.29) is 17.0 Å². The van der Waals surface area contributed by atoms with Crippen LogP contribution in [-0.2, 0) is 4.79 Å². The van der Waals surface area contributed by atoms with Gasteiger partial charge >= 0.3 is 5.97 Å². The number of carbonyl (C=O) groups excluding carboxylic acids is 1. The van der Waals surface area contributed by atoms with Crippen LogP contribution >= 0.6 is 11.6 Å². The molecule has 0 saturated heterocycles. The lowest BCUT2D eigenvalue weighted by atomic mass is 10.1. The van der Waals surface area contributed by atoms with Crippen LogP contribution in [0.5, 0.6) is 0 Å². The van der Waals surface area contributed by atoms with Gasteiger partial charge in [-0.3, -0.25) is 4.79 Å². The Balaban J connectivity index is 2.92. The Bertz CT molecular complexity index is 500. The van der Waals surface area contributed by atoms with E-state index >= 15 is 0 Å². The number of primary amides is 1. The molecule has 82 valence electrons. The minimum Gasteiger partial charge on any atom is -0.478 e. The van der Waals surface area contributed by atoms with Crippen LogP contribution in [0.1, 0.15) is 22.3 Å². The zero-order valence-corrected chi connectivity index (χ0v) is 8.91. The smallest absolute Gasteiger partial charge is 0.337 e. The molecule has 0 heterocycles. The summed E-state index contributed by atoms with van der Waals surface area (Å²) in [7, 11) is 0. The number of aromatic carboxylic acids is 1. The van der Waals surface area contributed by atoms with Crippen molar-refractivity contribution in [2.75, 3.05) is 0 Å². The van der Waals surface area contributed by atoms with Crippen molar-refractivity contribution in [1.82, 2.24) is 0 Å². The van der Waals surface area contributed by atoms with E-state index in [1.54, 1.807) is 0 Å². The van der Waals surface area contributed by atoms with Crippen molar-refractivity contribution >= 4 is 23.5 Å². The number of amides is 1. The molecule has 16 heavy (non-hydrogen) atoms. The summed E-state index contributed by atoms with van der Waals surface area (Å²) in [5, 5.41) is 8.83. The van der Waals surface area contributed by atoms with Crippen LogP contribution in [0.4, 0.5) is 0 Å². The number of hydrogen-bond donors (Lipinski definition) is 2. The molecule has 0 fully saturated rings. The van der Waals surface area contributed by atoms with Gasteiger partial charge in [-0.25, -0.2) is 4.79 Å². The average Bonchev–Trinajstić information content (AvgIpc) is 2.16. The van der Waals surface area contributed by atoms with Gasteiger partial charge in [0.2, 0.25) is 5.91 Å². The number of carboxylic acid groups (broad SMARTS) is 1. The zero-order valence-electron chi connectivity index (χ0n) is 8.16. The molecule has 0 saturated carbocycles. The second kappa shape index (κ2) is 5.19. The van der Waals surface area contributed by atoms with Gasteiger partial charge in [0.25, 0.3) is 0 Å². The monoisotopic (exact) mass is 237 g/mol. The first-order chi connectivity index (χ1) is 7.50. The number of halogens is 1. The predicted octanol–water partition coefficient (Wildman–Crippen LogP) is 1.27. The fourth-order valence-corrected chi connectivity index (χ4v) is 1.26. The van der Waals surface area contributed by atoms with Crippen molar-refractivity contribution in [2.45, 2.75) is 6.42 Å². The van der Waals surface area contributed by atoms with Crippen molar-refractivity contribution in [3.8, 4) is 11.8 Å². The van der Waals surface area contributed by atoms with Crippen LogP contribution in [0, 0.1) is 11.8 Å². The fourth-order valence-electron chi connectivity index (χ4n) is 1.000. The summed E-state index contributed by atoms with van der Waals surface area (Å²) >= 11 is 5.73. The number of nitrogens with two attached hydrogens (primary N) is 1. The maximum absolute atomic E-state index is 10.7. The molecule has 0 bridgehead atoms. The van der Waals surface area contributed by atoms with Gasteiger partial charge in [-0.1, -0.05) is 23.4 Å². The van der Waals surface area contributed by atoms with E-state index in [2.05, 4.69) is 11.8 Å². The Morgan fingerprint density at radius 1 is 1.44 bits per heavy atom. The summed E-state index contributed by atoms with van der Waals surface area (Å²) in [6.07, 6.45) is -0.0434. The summed E-state index contributed by atoms with van der Waals surface area (Å²) < 4.78 is 0. The number of rotatable bonds is 2. The van der Waals surface area contributed by atoms with Crippen molar-refractivity contribution in [2.24, 2.45) is 5.73 Å². The third-order valence-electron chi connectivity index (χ3n) is 1.69. The molecule has 0 unspecified atom stereocenters. The van der Waals surface area contributed by atoms with E-state index in [1.807, 2.05) is 0 Å². The number of carboxylic acids is 1. The van der Waals surface area contributed by atoms with Gasteiger partial charge < -0.3 is 10.8 Å². The molecule has 0 aliphatic carbocycles. The first-order valence-electron chi connectivity index (χ1n) is 4.30. The quantitative estimate of drug-likeness (QED) is 0.760. The van der Waals surface area contributed by atoms with E-state index in [9.17, 15) is 9.59 Å². The van der Waals surface area contributed by atoms with Crippen molar-refractivity contribution in [3.05, 3.63) is 34.3 Å². The SMILES string of the molecule is NC(=O)CC#Cc1ccc(C(=O)O)c(Cl)c1. The Hall–Kier alpha value is -1.99. The summed E-state index contributed by atoms with van der Waals surface area (Å²) in [5.41, 5.74) is 5.46. The molecule has 1 aromatic rings. The highest BCUT2D eigenvalue weighted by molar-refractivity contribution is 6.33. The molecule has 3 N–H and O–H groups in total. The maximum Gasteiger partial charge on any atom is 0.337 e. The van der Waals surface area contributed by atoms with Crippen molar-refractivity contribution in [1.29, 1.82) is 0 Å². The summed E-state index contributed by atoms with van der Waals surface area (Å²) in [6, 6.07) is 4.31. The molecule has 1 aromatic carbocycles. The standard InChI is InChI=1S/C11H8ClNO3/c12-9-6-7(2-1-3-10(13)14)4-5-8(9)11(15)16/h4-6H,3H2,(H2,13,14)(H,15,16). The van der Waals surface area contributed by atoms with E-state index in [4.69, 9.17) is 22.4 Å². The highest BCUT2D eigenvalue weighted by Crippen LogP contribution is 2.17. The first kappa shape index (κ1) is 12.1. The van der Waals surface area contributed by atoms with E-state index in [1.165, 1.54) is 18.2 Å². The highest BCUT2D eigenvalue weighted by Gasteiger charge is 2.07. The predicted molar refractivity (Wildman–Crippen MR) is 59.1 cm³/mol. The largest absolute Gasteiger partial charge is 0.478 e. The van der Waals surface area contributed by atoms with Gasteiger partial charge in [-0.15, -0.1) is 0 Å². The van der Waals surface area contributed by atoms with Crippen LogP contribution in [0.2, 0.25) is 5.02 Å². The van der Waals surface area contributed by atoms with Gasteiger partial charge in [0.1, 0.15) is 0 Å². The van der Waals surface area contributed by atoms with Crippen molar-refractivity contribution in [3.63, 3.8) is 0 Å². The average molecular weight is 238 g/mol.